The number of ketones is 1. The molecule has 0 radical (unpaired) electrons. The molecule has 0 amide bonds. The van der Waals surface area contributed by atoms with Crippen LogP contribution in [-0.2, 0) is 0 Å². The molecule has 22 heavy (non-hydrogen) atoms. The summed E-state index contributed by atoms with van der Waals surface area (Å²) in [5.74, 6) is 0.105. The van der Waals surface area contributed by atoms with Gasteiger partial charge < -0.3 is 4.57 Å². The Hall–Kier alpha value is -1.97. The van der Waals surface area contributed by atoms with Gasteiger partial charge in [-0.2, -0.15) is 0 Å². The van der Waals surface area contributed by atoms with E-state index in [4.69, 9.17) is 11.6 Å². The molecular formula is C18H12ClNOS. The molecule has 1 aliphatic heterocycles. The van der Waals surface area contributed by atoms with Crippen LogP contribution in [0.15, 0.2) is 71.8 Å². The molecule has 2 nitrogen and oxygen atoms in total. The summed E-state index contributed by atoms with van der Waals surface area (Å²) < 4.78 is 1.90. The standard InChI is InChI=1S/C18H12ClNOS/c19-13-8-4-10-15-16(13)20-11-5-9-14(20)17(21)18(22-15)12-6-2-1-3-7-12/h1-11,18H. The molecule has 0 spiro atoms. The Labute approximate surface area is 137 Å². The molecule has 1 aliphatic rings. The van der Waals surface area contributed by atoms with E-state index >= 15 is 0 Å². The molecule has 0 saturated carbocycles. The average Bonchev–Trinajstić information content (AvgIpc) is 2.98. The molecule has 1 aromatic heterocycles. The smallest absolute Gasteiger partial charge is 0.197 e. The van der Waals surface area contributed by atoms with Crippen LogP contribution in [0.2, 0.25) is 5.02 Å². The predicted molar refractivity (Wildman–Crippen MR) is 90.1 cm³/mol. The summed E-state index contributed by atoms with van der Waals surface area (Å²) in [4.78, 5) is 14.0. The molecule has 4 heteroatoms. The van der Waals surface area contributed by atoms with Gasteiger partial charge in [-0.3, -0.25) is 4.79 Å². The van der Waals surface area contributed by atoms with Crippen LogP contribution in [0.4, 0.5) is 0 Å². The van der Waals surface area contributed by atoms with Crippen molar-refractivity contribution in [2.24, 2.45) is 0 Å². The third-order valence-corrected chi connectivity index (χ3v) is 5.39. The van der Waals surface area contributed by atoms with E-state index in [2.05, 4.69) is 0 Å². The van der Waals surface area contributed by atoms with Gasteiger partial charge in [0.1, 0.15) is 0 Å². The number of para-hydroxylation sites is 1. The number of benzene rings is 2. The summed E-state index contributed by atoms with van der Waals surface area (Å²) in [7, 11) is 0. The number of carbonyl (C=O) groups excluding carboxylic acids is 1. The van der Waals surface area contributed by atoms with Gasteiger partial charge in [-0.05, 0) is 29.8 Å². The second-order valence-corrected chi connectivity index (χ2v) is 6.68. The van der Waals surface area contributed by atoms with Crippen molar-refractivity contribution in [1.29, 1.82) is 0 Å². The summed E-state index contributed by atoms with van der Waals surface area (Å²) in [6.07, 6.45) is 1.89. The first-order chi connectivity index (χ1) is 10.8. The van der Waals surface area contributed by atoms with Crippen LogP contribution in [0.3, 0.4) is 0 Å². The number of aromatic nitrogens is 1. The first kappa shape index (κ1) is 13.7. The molecule has 0 bridgehead atoms. The van der Waals surface area contributed by atoms with Gasteiger partial charge in [0.15, 0.2) is 5.78 Å². The number of Topliss-reactive ketones (excluding diaryl/α,β-unsaturated/α-hetero) is 1. The van der Waals surface area contributed by atoms with Crippen LogP contribution in [0.1, 0.15) is 21.3 Å². The van der Waals surface area contributed by atoms with E-state index in [0.29, 0.717) is 10.7 Å². The maximum Gasteiger partial charge on any atom is 0.197 e. The molecule has 0 N–H and O–H groups in total. The minimum absolute atomic E-state index is 0.105. The zero-order chi connectivity index (χ0) is 15.1. The van der Waals surface area contributed by atoms with E-state index in [-0.39, 0.29) is 11.0 Å². The van der Waals surface area contributed by atoms with Gasteiger partial charge in [-0.25, -0.2) is 0 Å². The summed E-state index contributed by atoms with van der Waals surface area (Å²) in [5, 5.41) is 0.401. The maximum absolute atomic E-state index is 13.0. The van der Waals surface area contributed by atoms with Gasteiger partial charge in [-0.15, -0.1) is 11.8 Å². The Balaban J connectivity index is 1.96. The number of hydrogen-bond donors (Lipinski definition) is 0. The first-order valence-corrected chi connectivity index (χ1v) is 8.23. The fraction of sp³-hybridized carbons (Fsp3) is 0.0556. The summed E-state index contributed by atoms with van der Waals surface area (Å²) in [6, 6.07) is 19.4. The van der Waals surface area contributed by atoms with Crippen molar-refractivity contribution < 1.29 is 4.79 Å². The lowest BCUT2D eigenvalue weighted by Crippen LogP contribution is -2.11. The van der Waals surface area contributed by atoms with Crippen molar-refractivity contribution in [3.63, 3.8) is 0 Å². The highest BCUT2D eigenvalue weighted by Gasteiger charge is 2.31. The molecule has 0 aliphatic carbocycles. The molecule has 4 rings (SSSR count). The Morgan fingerprint density at radius 3 is 2.59 bits per heavy atom. The van der Waals surface area contributed by atoms with Crippen molar-refractivity contribution in [2.75, 3.05) is 0 Å². The van der Waals surface area contributed by atoms with Gasteiger partial charge in [-0.1, -0.05) is 48.0 Å². The Morgan fingerprint density at radius 1 is 0.955 bits per heavy atom. The van der Waals surface area contributed by atoms with E-state index < -0.39 is 0 Å². The topological polar surface area (TPSA) is 22.0 Å². The van der Waals surface area contributed by atoms with Crippen molar-refractivity contribution in [1.82, 2.24) is 4.57 Å². The lowest BCUT2D eigenvalue weighted by molar-refractivity contribution is 0.0984. The summed E-state index contributed by atoms with van der Waals surface area (Å²) >= 11 is 7.95. The number of nitrogens with zero attached hydrogens (tertiary/aromatic N) is 1. The van der Waals surface area contributed by atoms with E-state index in [1.165, 1.54) is 0 Å². The van der Waals surface area contributed by atoms with Crippen molar-refractivity contribution in [3.05, 3.63) is 83.1 Å². The average molecular weight is 326 g/mol. The molecule has 2 heterocycles. The van der Waals surface area contributed by atoms with Crippen molar-refractivity contribution in [3.8, 4) is 5.69 Å². The highest BCUT2D eigenvalue weighted by Crippen LogP contribution is 2.45. The second-order valence-electron chi connectivity index (χ2n) is 5.12. The first-order valence-electron chi connectivity index (χ1n) is 6.98. The second kappa shape index (κ2) is 5.34. The van der Waals surface area contributed by atoms with Crippen LogP contribution in [0.5, 0.6) is 0 Å². The third-order valence-electron chi connectivity index (χ3n) is 3.78. The van der Waals surface area contributed by atoms with Gasteiger partial charge in [0, 0.05) is 11.1 Å². The third kappa shape index (κ3) is 2.09. The Morgan fingerprint density at radius 2 is 1.77 bits per heavy atom. The van der Waals surface area contributed by atoms with Gasteiger partial charge in [0.2, 0.25) is 0 Å². The van der Waals surface area contributed by atoms with Crippen LogP contribution < -0.4 is 0 Å². The minimum Gasteiger partial charge on any atom is -0.311 e. The predicted octanol–water partition coefficient (Wildman–Crippen LogP) is 5.16. The minimum atomic E-state index is -0.255. The SMILES string of the molecule is O=C1c2cccn2-c2c(Cl)cccc2SC1c1ccccc1. The van der Waals surface area contributed by atoms with Crippen molar-refractivity contribution in [2.45, 2.75) is 10.1 Å². The zero-order valence-electron chi connectivity index (χ0n) is 11.6. The van der Waals surface area contributed by atoms with Crippen molar-refractivity contribution >= 4 is 29.1 Å². The Bertz CT molecular complexity index is 857. The highest BCUT2D eigenvalue weighted by atomic mass is 35.5. The fourth-order valence-electron chi connectivity index (χ4n) is 2.76. The van der Waals surface area contributed by atoms with Crippen LogP contribution in [-0.4, -0.2) is 10.4 Å². The fourth-order valence-corrected chi connectivity index (χ4v) is 4.34. The number of hydrogen-bond acceptors (Lipinski definition) is 2. The van der Waals surface area contributed by atoms with Gasteiger partial charge in [0.25, 0.3) is 0 Å². The number of rotatable bonds is 1. The van der Waals surface area contributed by atoms with Gasteiger partial charge >= 0.3 is 0 Å². The number of fused-ring (bicyclic) bond motifs is 3. The molecule has 2 aromatic carbocycles. The number of thioether (sulfide) groups is 1. The van der Waals surface area contributed by atoms with Crippen LogP contribution in [0.25, 0.3) is 5.69 Å². The monoisotopic (exact) mass is 325 g/mol. The molecule has 1 atom stereocenters. The lowest BCUT2D eigenvalue weighted by atomic mass is 10.1. The van der Waals surface area contributed by atoms with E-state index in [1.807, 2.05) is 71.4 Å². The van der Waals surface area contributed by atoms with E-state index in [1.54, 1.807) is 11.8 Å². The van der Waals surface area contributed by atoms with Crippen LogP contribution in [0, 0.1) is 0 Å². The highest BCUT2D eigenvalue weighted by molar-refractivity contribution is 8.00. The molecule has 0 saturated heterocycles. The van der Waals surface area contributed by atoms with Gasteiger partial charge in [0.05, 0.1) is 21.7 Å². The molecule has 0 fully saturated rings. The number of carbonyl (C=O) groups is 1. The number of halogens is 1. The van der Waals surface area contributed by atoms with Crippen LogP contribution >= 0.6 is 23.4 Å². The quantitative estimate of drug-likeness (QED) is 0.616. The van der Waals surface area contributed by atoms with E-state index in [9.17, 15) is 4.79 Å². The lowest BCUT2D eigenvalue weighted by Gasteiger charge is -2.13. The largest absolute Gasteiger partial charge is 0.311 e. The zero-order valence-corrected chi connectivity index (χ0v) is 13.1. The maximum atomic E-state index is 13.0. The molecule has 1 unspecified atom stereocenters. The summed E-state index contributed by atoms with van der Waals surface area (Å²) in [6.45, 7) is 0. The van der Waals surface area contributed by atoms with E-state index in [0.717, 1.165) is 16.1 Å². The molecular weight excluding hydrogens is 314 g/mol. The molecule has 3 aromatic rings. The summed E-state index contributed by atoms with van der Waals surface area (Å²) in [5.41, 5.74) is 2.58. The normalized spacial score (nSPS) is 16.8. The molecule has 108 valence electrons. The Kier molecular flexibility index (Phi) is 3.32.